The van der Waals surface area contributed by atoms with Crippen LogP contribution in [0, 0.1) is 13.8 Å². The Morgan fingerprint density at radius 1 is 1.22 bits per heavy atom. The van der Waals surface area contributed by atoms with Gasteiger partial charge in [0, 0.05) is 0 Å². The smallest absolute Gasteiger partial charge is 0.326 e. The highest BCUT2D eigenvalue weighted by atomic mass is 32.1. The molecule has 0 fully saturated rings. The van der Waals surface area contributed by atoms with Gasteiger partial charge >= 0.3 is 5.97 Å². The second-order valence-corrected chi connectivity index (χ2v) is 7.18. The van der Waals surface area contributed by atoms with Gasteiger partial charge in [0.1, 0.15) is 18.1 Å². The largest absolute Gasteiger partial charge is 0.466 e. The lowest BCUT2D eigenvalue weighted by atomic mass is 10.2. The molecule has 3 aromatic rings. The summed E-state index contributed by atoms with van der Waals surface area (Å²) in [6.45, 7) is 7.69. The van der Waals surface area contributed by atoms with Gasteiger partial charge in [-0.15, -0.1) is 0 Å². The molecule has 3 rings (SSSR count). The van der Waals surface area contributed by atoms with Gasteiger partial charge in [0.15, 0.2) is 4.80 Å². The zero-order valence-corrected chi connectivity index (χ0v) is 16.7. The van der Waals surface area contributed by atoms with Crippen LogP contribution in [0.1, 0.15) is 41.3 Å². The maximum atomic E-state index is 12.7. The summed E-state index contributed by atoms with van der Waals surface area (Å²) in [5.74, 6) is 0.451. The van der Waals surface area contributed by atoms with Crippen molar-refractivity contribution in [2.75, 3.05) is 6.61 Å². The van der Waals surface area contributed by atoms with Crippen molar-refractivity contribution in [3.05, 3.63) is 51.7 Å². The monoisotopic (exact) mass is 386 g/mol. The van der Waals surface area contributed by atoms with Crippen LogP contribution < -0.4 is 4.80 Å². The van der Waals surface area contributed by atoms with Gasteiger partial charge in [-0.1, -0.05) is 24.3 Å². The van der Waals surface area contributed by atoms with Gasteiger partial charge in [0.05, 0.1) is 22.4 Å². The lowest BCUT2D eigenvalue weighted by Crippen LogP contribution is -2.23. The van der Waals surface area contributed by atoms with E-state index in [-0.39, 0.29) is 18.4 Å². The van der Waals surface area contributed by atoms with E-state index in [1.807, 2.05) is 12.1 Å². The van der Waals surface area contributed by atoms with Crippen LogP contribution >= 0.6 is 11.3 Å². The van der Waals surface area contributed by atoms with Crippen LogP contribution in [0.4, 0.5) is 0 Å². The average Bonchev–Trinajstić information content (AvgIpc) is 3.14. The van der Waals surface area contributed by atoms with Crippen LogP contribution in [0.2, 0.25) is 0 Å². The van der Waals surface area contributed by atoms with Gasteiger partial charge in [0.2, 0.25) is 0 Å². The zero-order valence-electron chi connectivity index (χ0n) is 15.9. The SMILES string of the molecule is CCOC(=O)Cn1c(=NC(=O)c2cc(C)oc2C)sc2cc(CC)ccc21. The predicted octanol–water partition coefficient (Wildman–Crippen LogP) is 3.78. The number of fused-ring (bicyclic) bond motifs is 1. The van der Waals surface area contributed by atoms with Crippen molar-refractivity contribution < 1.29 is 18.7 Å². The van der Waals surface area contributed by atoms with E-state index in [1.54, 1.807) is 31.4 Å². The molecule has 7 heteroatoms. The van der Waals surface area contributed by atoms with E-state index in [9.17, 15) is 9.59 Å². The van der Waals surface area contributed by atoms with E-state index in [4.69, 9.17) is 9.15 Å². The fourth-order valence-electron chi connectivity index (χ4n) is 2.90. The summed E-state index contributed by atoms with van der Waals surface area (Å²) in [7, 11) is 0. The molecule has 2 heterocycles. The third-order valence-electron chi connectivity index (χ3n) is 4.22. The molecule has 0 aliphatic carbocycles. The fourth-order valence-corrected chi connectivity index (χ4v) is 3.99. The summed E-state index contributed by atoms with van der Waals surface area (Å²) in [4.78, 5) is 29.5. The Kier molecular flexibility index (Phi) is 5.60. The minimum Gasteiger partial charge on any atom is -0.466 e. The molecule has 0 spiro atoms. The molecule has 0 bridgehead atoms. The Balaban J connectivity index is 2.13. The third kappa shape index (κ3) is 4.03. The molecule has 0 saturated carbocycles. The molecule has 0 atom stereocenters. The Morgan fingerprint density at radius 3 is 2.63 bits per heavy atom. The van der Waals surface area contributed by atoms with Crippen molar-refractivity contribution in [2.24, 2.45) is 4.99 Å². The van der Waals surface area contributed by atoms with E-state index in [2.05, 4.69) is 18.0 Å². The number of nitrogens with zero attached hydrogens (tertiary/aromatic N) is 2. The van der Waals surface area contributed by atoms with Gasteiger partial charge in [0.25, 0.3) is 5.91 Å². The molecule has 1 amide bonds. The highest BCUT2D eigenvalue weighted by Crippen LogP contribution is 2.20. The molecular formula is C20H22N2O4S. The van der Waals surface area contributed by atoms with Gasteiger partial charge in [-0.05, 0) is 51.0 Å². The maximum Gasteiger partial charge on any atom is 0.326 e. The topological polar surface area (TPSA) is 73.8 Å². The van der Waals surface area contributed by atoms with Crippen molar-refractivity contribution in [1.82, 2.24) is 4.57 Å². The van der Waals surface area contributed by atoms with E-state index in [1.165, 1.54) is 16.9 Å². The van der Waals surface area contributed by atoms with Crippen LogP contribution in [0.5, 0.6) is 0 Å². The van der Waals surface area contributed by atoms with E-state index in [0.29, 0.717) is 28.5 Å². The average molecular weight is 386 g/mol. The standard InChI is InChI=1S/C20H22N2O4S/c1-5-14-7-8-16-17(10-14)27-20(22(16)11-18(23)25-6-2)21-19(24)15-9-12(3)26-13(15)4/h7-10H,5-6,11H2,1-4H3. The number of carbonyl (C=O) groups excluding carboxylic acids is 2. The van der Waals surface area contributed by atoms with E-state index in [0.717, 1.165) is 16.6 Å². The lowest BCUT2D eigenvalue weighted by Gasteiger charge is -2.05. The van der Waals surface area contributed by atoms with Gasteiger partial charge in [-0.3, -0.25) is 9.59 Å². The number of furan rings is 1. The minimum absolute atomic E-state index is 0.00875. The van der Waals surface area contributed by atoms with Gasteiger partial charge < -0.3 is 13.7 Å². The van der Waals surface area contributed by atoms with Crippen LogP contribution in [-0.2, 0) is 22.5 Å². The first-order valence-electron chi connectivity index (χ1n) is 8.86. The molecule has 27 heavy (non-hydrogen) atoms. The zero-order chi connectivity index (χ0) is 19.6. The first-order chi connectivity index (χ1) is 12.9. The second-order valence-electron chi connectivity index (χ2n) is 6.18. The van der Waals surface area contributed by atoms with E-state index >= 15 is 0 Å². The molecule has 6 nitrogen and oxygen atoms in total. The van der Waals surface area contributed by atoms with Crippen LogP contribution in [-0.4, -0.2) is 23.1 Å². The van der Waals surface area contributed by atoms with Crippen molar-refractivity contribution in [3.63, 3.8) is 0 Å². The van der Waals surface area contributed by atoms with Crippen molar-refractivity contribution in [3.8, 4) is 0 Å². The van der Waals surface area contributed by atoms with Crippen LogP contribution in [0.3, 0.4) is 0 Å². The number of benzene rings is 1. The molecular weight excluding hydrogens is 364 g/mol. The summed E-state index contributed by atoms with van der Waals surface area (Å²) in [6.07, 6.45) is 0.907. The number of ether oxygens (including phenoxy) is 1. The number of aryl methyl sites for hydroxylation is 3. The predicted molar refractivity (Wildman–Crippen MR) is 104 cm³/mol. The molecule has 0 N–H and O–H groups in total. The molecule has 0 radical (unpaired) electrons. The van der Waals surface area contributed by atoms with Crippen LogP contribution in [0.15, 0.2) is 33.7 Å². The molecule has 1 aromatic carbocycles. The Hall–Kier alpha value is -2.67. The summed E-state index contributed by atoms with van der Waals surface area (Å²) >= 11 is 1.39. The minimum atomic E-state index is -0.385. The summed E-state index contributed by atoms with van der Waals surface area (Å²) < 4.78 is 13.2. The summed E-state index contributed by atoms with van der Waals surface area (Å²) in [5, 5.41) is 0. The van der Waals surface area contributed by atoms with Crippen molar-refractivity contribution >= 4 is 33.4 Å². The Morgan fingerprint density at radius 2 is 2.00 bits per heavy atom. The summed E-state index contributed by atoms with van der Waals surface area (Å²) in [6, 6.07) is 7.73. The lowest BCUT2D eigenvalue weighted by molar-refractivity contribution is -0.143. The number of amides is 1. The number of rotatable bonds is 5. The number of esters is 1. The Bertz CT molecular complexity index is 1070. The number of hydrogen-bond donors (Lipinski definition) is 0. The molecule has 0 aliphatic heterocycles. The highest BCUT2D eigenvalue weighted by molar-refractivity contribution is 7.16. The molecule has 0 unspecified atom stereocenters. The first-order valence-corrected chi connectivity index (χ1v) is 9.68. The number of carbonyl (C=O) groups is 2. The number of aromatic nitrogens is 1. The van der Waals surface area contributed by atoms with Gasteiger partial charge in [-0.25, -0.2) is 0 Å². The second kappa shape index (κ2) is 7.92. The normalized spacial score (nSPS) is 11.9. The van der Waals surface area contributed by atoms with Crippen molar-refractivity contribution in [2.45, 2.75) is 40.7 Å². The fraction of sp³-hybridized carbons (Fsp3) is 0.350. The molecule has 142 valence electrons. The maximum absolute atomic E-state index is 12.7. The Labute approximate surface area is 161 Å². The molecule has 0 aliphatic rings. The van der Waals surface area contributed by atoms with Crippen LogP contribution in [0.25, 0.3) is 10.2 Å². The quantitative estimate of drug-likeness (QED) is 0.626. The number of thiazole rings is 1. The first kappa shape index (κ1) is 19.1. The van der Waals surface area contributed by atoms with E-state index < -0.39 is 0 Å². The third-order valence-corrected chi connectivity index (χ3v) is 5.26. The molecule has 2 aromatic heterocycles. The summed E-state index contributed by atoms with van der Waals surface area (Å²) in [5.41, 5.74) is 2.48. The highest BCUT2D eigenvalue weighted by Gasteiger charge is 2.16. The van der Waals surface area contributed by atoms with Gasteiger partial charge in [-0.2, -0.15) is 4.99 Å². The van der Waals surface area contributed by atoms with Crippen molar-refractivity contribution in [1.29, 1.82) is 0 Å². The number of hydrogen-bond acceptors (Lipinski definition) is 5. The molecule has 0 saturated heterocycles.